The summed E-state index contributed by atoms with van der Waals surface area (Å²) in [7, 11) is 2.70. The van der Waals surface area contributed by atoms with Crippen molar-refractivity contribution in [3.8, 4) is 0 Å². The standard InChI is InChI=1S/C14H13N2O4PS/c1-14(21)7-2-3-11(6-8-14)22-13-5-4-10(15(17)18)9-12(13)16(19)20/h2-9H,21H2,1H3. The van der Waals surface area contributed by atoms with Crippen LogP contribution in [0.2, 0.25) is 0 Å². The molecule has 0 radical (unpaired) electrons. The molecule has 0 bridgehead atoms. The van der Waals surface area contributed by atoms with Crippen molar-refractivity contribution in [1.82, 2.24) is 0 Å². The molecule has 2 unspecified atom stereocenters. The molecular formula is C14H13N2O4PS. The van der Waals surface area contributed by atoms with Gasteiger partial charge in [0, 0.05) is 16.1 Å². The minimum absolute atomic E-state index is 0.166. The smallest absolute Gasteiger partial charge is 0.258 e. The second-order valence-corrected chi connectivity index (χ2v) is 7.26. The molecule has 8 heteroatoms. The first-order valence-corrected chi connectivity index (χ1v) is 7.66. The van der Waals surface area contributed by atoms with E-state index in [1.165, 1.54) is 23.9 Å². The Hall–Kier alpha value is -1.98. The van der Waals surface area contributed by atoms with Gasteiger partial charge in [-0.3, -0.25) is 20.2 Å². The van der Waals surface area contributed by atoms with Gasteiger partial charge in [0.1, 0.15) is 0 Å². The van der Waals surface area contributed by atoms with Crippen LogP contribution < -0.4 is 0 Å². The third kappa shape index (κ3) is 4.02. The van der Waals surface area contributed by atoms with Crippen molar-refractivity contribution in [2.45, 2.75) is 17.0 Å². The second-order valence-electron chi connectivity index (χ2n) is 4.90. The van der Waals surface area contributed by atoms with Crippen LogP contribution in [0.5, 0.6) is 0 Å². The fraction of sp³-hybridized carbons (Fsp3) is 0.143. The highest BCUT2D eigenvalue weighted by atomic mass is 32.2. The zero-order chi connectivity index (χ0) is 16.3. The monoisotopic (exact) mass is 336 g/mol. The van der Waals surface area contributed by atoms with Crippen LogP contribution in [0.25, 0.3) is 0 Å². The maximum Gasteiger partial charge on any atom is 0.290 e. The molecule has 0 heterocycles. The number of thioether (sulfide) groups is 1. The summed E-state index contributed by atoms with van der Waals surface area (Å²) < 4.78 is 0. The Bertz CT molecular complexity index is 726. The van der Waals surface area contributed by atoms with Crippen molar-refractivity contribution < 1.29 is 9.85 Å². The van der Waals surface area contributed by atoms with Crippen LogP contribution in [-0.4, -0.2) is 15.0 Å². The minimum Gasteiger partial charge on any atom is -0.258 e. The Morgan fingerprint density at radius 3 is 2.55 bits per heavy atom. The topological polar surface area (TPSA) is 86.3 Å². The highest BCUT2D eigenvalue weighted by Gasteiger charge is 2.21. The van der Waals surface area contributed by atoms with Crippen molar-refractivity contribution in [3.63, 3.8) is 0 Å². The first-order chi connectivity index (χ1) is 10.3. The second kappa shape index (κ2) is 6.42. The summed E-state index contributed by atoms with van der Waals surface area (Å²) in [6.07, 6.45) is 9.57. The summed E-state index contributed by atoms with van der Waals surface area (Å²) in [4.78, 5) is 21.8. The van der Waals surface area contributed by atoms with E-state index in [0.717, 1.165) is 11.0 Å². The van der Waals surface area contributed by atoms with Crippen molar-refractivity contribution >= 4 is 32.4 Å². The first-order valence-electron chi connectivity index (χ1n) is 6.27. The Morgan fingerprint density at radius 1 is 1.18 bits per heavy atom. The number of nitrogens with zero attached hydrogens (tertiary/aromatic N) is 2. The van der Waals surface area contributed by atoms with Gasteiger partial charge in [-0.2, -0.15) is 0 Å². The molecule has 0 aromatic heterocycles. The molecule has 0 spiro atoms. The number of hydrogen-bond acceptors (Lipinski definition) is 5. The molecular weight excluding hydrogens is 323 g/mol. The molecule has 1 aliphatic rings. The fourth-order valence-corrected chi connectivity index (χ4v) is 2.88. The summed E-state index contributed by atoms with van der Waals surface area (Å²) >= 11 is 1.20. The average molecular weight is 336 g/mol. The number of hydrogen-bond donors (Lipinski definition) is 0. The van der Waals surface area contributed by atoms with Gasteiger partial charge in [0.25, 0.3) is 11.4 Å². The Balaban J connectivity index is 2.34. The zero-order valence-corrected chi connectivity index (χ0v) is 13.6. The van der Waals surface area contributed by atoms with E-state index in [-0.39, 0.29) is 16.5 Å². The Labute approximate surface area is 133 Å². The van der Waals surface area contributed by atoms with E-state index < -0.39 is 9.85 Å². The molecule has 0 fully saturated rings. The molecule has 1 aliphatic carbocycles. The summed E-state index contributed by atoms with van der Waals surface area (Å²) in [5.74, 6) is 0. The van der Waals surface area contributed by atoms with Gasteiger partial charge in [0.05, 0.1) is 20.8 Å². The van der Waals surface area contributed by atoms with Crippen LogP contribution in [0.4, 0.5) is 11.4 Å². The quantitative estimate of drug-likeness (QED) is 0.466. The number of allylic oxidation sites excluding steroid dienone is 5. The lowest BCUT2D eigenvalue weighted by atomic mass is 10.1. The third-order valence-electron chi connectivity index (χ3n) is 2.90. The lowest BCUT2D eigenvalue weighted by molar-refractivity contribution is -0.396. The molecule has 0 N–H and O–H groups in total. The van der Waals surface area contributed by atoms with E-state index in [0.29, 0.717) is 4.90 Å². The normalized spacial score (nSPS) is 20.4. The summed E-state index contributed by atoms with van der Waals surface area (Å²) in [5.41, 5.74) is -0.561. The van der Waals surface area contributed by atoms with Crippen LogP contribution in [0.3, 0.4) is 0 Å². The molecule has 0 amide bonds. The maximum absolute atomic E-state index is 11.1. The fourth-order valence-electron chi connectivity index (χ4n) is 1.77. The Morgan fingerprint density at radius 2 is 1.91 bits per heavy atom. The van der Waals surface area contributed by atoms with Gasteiger partial charge in [0.2, 0.25) is 0 Å². The van der Waals surface area contributed by atoms with Crippen LogP contribution >= 0.6 is 21.0 Å². The van der Waals surface area contributed by atoms with E-state index in [9.17, 15) is 20.2 Å². The predicted molar refractivity (Wildman–Crippen MR) is 90.1 cm³/mol. The van der Waals surface area contributed by atoms with Crippen LogP contribution in [0.15, 0.2) is 58.4 Å². The average Bonchev–Trinajstić information content (AvgIpc) is 2.60. The molecule has 2 rings (SSSR count). The SMILES string of the molecule is CC1(P)C=CC=C(Sc2ccc([N+](=O)[O-])cc2[N+](=O)[O-])C=C1. The van der Waals surface area contributed by atoms with Crippen molar-refractivity contribution in [3.05, 3.63) is 73.7 Å². The molecule has 0 saturated carbocycles. The number of rotatable bonds is 4. The lowest BCUT2D eigenvalue weighted by Gasteiger charge is -2.12. The molecule has 22 heavy (non-hydrogen) atoms. The number of nitro benzene ring substituents is 2. The summed E-state index contributed by atoms with van der Waals surface area (Å²) in [5, 5.41) is 21.7. The summed E-state index contributed by atoms with van der Waals surface area (Å²) in [6, 6.07) is 3.66. The number of benzene rings is 1. The number of non-ortho nitro benzene ring substituents is 1. The van der Waals surface area contributed by atoms with Crippen molar-refractivity contribution in [1.29, 1.82) is 0 Å². The van der Waals surface area contributed by atoms with Gasteiger partial charge in [0.15, 0.2) is 0 Å². The van der Waals surface area contributed by atoms with Crippen LogP contribution in [0, 0.1) is 20.2 Å². The molecule has 2 atom stereocenters. The number of nitro groups is 2. The minimum atomic E-state index is -0.644. The largest absolute Gasteiger partial charge is 0.290 e. The van der Waals surface area contributed by atoms with E-state index in [4.69, 9.17) is 0 Å². The first kappa shape index (κ1) is 16.4. The van der Waals surface area contributed by atoms with E-state index in [1.807, 2.05) is 37.3 Å². The highest BCUT2D eigenvalue weighted by molar-refractivity contribution is 8.03. The molecule has 0 aliphatic heterocycles. The van der Waals surface area contributed by atoms with Gasteiger partial charge in [-0.25, -0.2) is 0 Å². The van der Waals surface area contributed by atoms with Gasteiger partial charge in [-0.05, 0) is 19.1 Å². The van der Waals surface area contributed by atoms with Crippen molar-refractivity contribution in [2.24, 2.45) is 0 Å². The third-order valence-corrected chi connectivity index (χ3v) is 4.36. The van der Waals surface area contributed by atoms with E-state index >= 15 is 0 Å². The summed E-state index contributed by atoms with van der Waals surface area (Å²) in [6.45, 7) is 2.01. The lowest BCUT2D eigenvalue weighted by Crippen LogP contribution is -2.04. The van der Waals surface area contributed by atoms with Gasteiger partial charge in [-0.15, -0.1) is 9.24 Å². The van der Waals surface area contributed by atoms with Crippen LogP contribution in [0.1, 0.15) is 6.92 Å². The van der Waals surface area contributed by atoms with Gasteiger partial charge < -0.3 is 0 Å². The van der Waals surface area contributed by atoms with E-state index in [1.54, 1.807) is 0 Å². The van der Waals surface area contributed by atoms with E-state index in [2.05, 4.69) is 9.24 Å². The predicted octanol–water partition coefficient (Wildman–Crippen LogP) is 4.24. The maximum atomic E-state index is 11.1. The van der Waals surface area contributed by atoms with Gasteiger partial charge >= 0.3 is 0 Å². The Kier molecular flexibility index (Phi) is 4.78. The molecule has 1 aromatic carbocycles. The molecule has 1 aromatic rings. The highest BCUT2D eigenvalue weighted by Crippen LogP contribution is 2.38. The van der Waals surface area contributed by atoms with Gasteiger partial charge in [-0.1, -0.05) is 36.1 Å². The zero-order valence-electron chi connectivity index (χ0n) is 11.6. The molecule has 0 saturated heterocycles. The molecule has 6 nitrogen and oxygen atoms in total. The molecule has 114 valence electrons. The van der Waals surface area contributed by atoms with Crippen LogP contribution in [-0.2, 0) is 0 Å². The van der Waals surface area contributed by atoms with Crippen molar-refractivity contribution in [2.75, 3.05) is 0 Å².